The third-order valence-electron chi connectivity index (χ3n) is 2.48. The molecular weight excluding hydrogens is 202 g/mol. The molecule has 0 saturated carbocycles. The van der Waals surface area contributed by atoms with Gasteiger partial charge in [-0.3, -0.25) is 4.98 Å². The van der Waals surface area contributed by atoms with Crippen LogP contribution in [0.3, 0.4) is 0 Å². The van der Waals surface area contributed by atoms with Crippen molar-refractivity contribution >= 4 is 5.82 Å². The summed E-state index contributed by atoms with van der Waals surface area (Å²) in [5.41, 5.74) is 8.72. The molecule has 0 saturated heterocycles. The van der Waals surface area contributed by atoms with Gasteiger partial charge in [0.15, 0.2) is 11.6 Å². The van der Waals surface area contributed by atoms with Gasteiger partial charge in [0, 0.05) is 23.0 Å². The second kappa shape index (κ2) is 4.35. The molecule has 0 aliphatic rings. The van der Waals surface area contributed by atoms with Crippen molar-refractivity contribution in [2.75, 3.05) is 5.73 Å². The first-order valence-corrected chi connectivity index (χ1v) is 5.39. The summed E-state index contributed by atoms with van der Waals surface area (Å²) in [5.74, 6) is 1.26. The minimum absolute atomic E-state index is 0.492. The van der Waals surface area contributed by atoms with E-state index in [1.807, 2.05) is 19.1 Å². The van der Waals surface area contributed by atoms with E-state index in [0.29, 0.717) is 5.82 Å². The fourth-order valence-electron chi connectivity index (χ4n) is 1.73. The topological polar surface area (TPSA) is 64.9 Å². The molecule has 0 unspecified atom stereocenters. The second-order valence-corrected chi connectivity index (χ2v) is 3.81. The summed E-state index contributed by atoms with van der Waals surface area (Å²) in [6, 6.07) is 3.88. The number of hydrogen-bond acceptors (Lipinski definition) is 4. The maximum atomic E-state index is 5.78. The van der Waals surface area contributed by atoms with Crippen LogP contribution in [0, 0.1) is 6.92 Å². The number of rotatable bonds is 3. The van der Waals surface area contributed by atoms with Gasteiger partial charge >= 0.3 is 0 Å². The molecular formula is C12H15N3O. The van der Waals surface area contributed by atoms with E-state index < -0.39 is 0 Å². The number of nitrogen functional groups attached to an aromatic ring is 1. The quantitative estimate of drug-likeness (QED) is 0.858. The van der Waals surface area contributed by atoms with Gasteiger partial charge in [-0.15, -0.1) is 0 Å². The van der Waals surface area contributed by atoms with Crippen molar-refractivity contribution in [3.05, 3.63) is 29.6 Å². The largest absolute Gasteiger partial charge is 0.381 e. The lowest BCUT2D eigenvalue weighted by atomic mass is 10.1. The van der Waals surface area contributed by atoms with Crippen LogP contribution >= 0.6 is 0 Å². The summed E-state index contributed by atoms with van der Waals surface area (Å²) in [7, 11) is 0. The van der Waals surface area contributed by atoms with Crippen LogP contribution in [0.5, 0.6) is 0 Å². The summed E-state index contributed by atoms with van der Waals surface area (Å²) >= 11 is 0. The van der Waals surface area contributed by atoms with Gasteiger partial charge in [-0.05, 0) is 25.5 Å². The van der Waals surface area contributed by atoms with Crippen LogP contribution in [0.15, 0.2) is 22.9 Å². The Balaban J connectivity index is 2.47. The van der Waals surface area contributed by atoms with Crippen molar-refractivity contribution < 1.29 is 4.52 Å². The van der Waals surface area contributed by atoms with Gasteiger partial charge in [0.25, 0.3) is 0 Å². The highest BCUT2D eigenvalue weighted by atomic mass is 16.5. The Morgan fingerprint density at radius 3 is 2.94 bits per heavy atom. The molecule has 2 rings (SSSR count). The van der Waals surface area contributed by atoms with E-state index in [2.05, 4.69) is 17.1 Å². The first kappa shape index (κ1) is 10.7. The monoisotopic (exact) mass is 217 g/mol. The van der Waals surface area contributed by atoms with Crippen LogP contribution in [-0.2, 0) is 6.42 Å². The third-order valence-corrected chi connectivity index (χ3v) is 2.48. The van der Waals surface area contributed by atoms with Gasteiger partial charge in [-0.25, -0.2) is 0 Å². The first-order chi connectivity index (χ1) is 7.72. The normalized spacial score (nSPS) is 10.6. The van der Waals surface area contributed by atoms with Crippen LogP contribution in [0.2, 0.25) is 0 Å². The molecule has 0 atom stereocenters. The minimum Gasteiger partial charge on any atom is -0.381 e. The summed E-state index contributed by atoms with van der Waals surface area (Å²) < 4.78 is 5.29. The predicted octanol–water partition coefficient (Wildman–Crippen LogP) is 2.58. The van der Waals surface area contributed by atoms with Gasteiger partial charge in [0.2, 0.25) is 0 Å². The molecule has 2 heterocycles. The third kappa shape index (κ3) is 1.91. The molecule has 4 heteroatoms. The van der Waals surface area contributed by atoms with E-state index in [9.17, 15) is 0 Å². The number of nitrogens with two attached hydrogens (primary N) is 1. The van der Waals surface area contributed by atoms with Crippen LogP contribution in [0.4, 0.5) is 5.82 Å². The van der Waals surface area contributed by atoms with E-state index in [4.69, 9.17) is 10.3 Å². The van der Waals surface area contributed by atoms with E-state index in [0.717, 1.165) is 35.4 Å². The molecule has 0 radical (unpaired) electrons. The number of nitrogens with zero attached hydrogens (tertiary/aromatic N) is 2. The highest BCUT2D eigenvalue weighted by Crippen LogP contribution is 2.28. The zero-order valence-electron chi connectivity index (χ0n) is 9.53. The Kier molecular flexibility index (Phi) is 2.90. The van der Waals surface area contributed by atoms with Crippen LogP contribution < -0.4 is 5.73 Å². The number of aromatic nitrogens is 2. The van der Waals surface area contributed by atoms with E-state index in [1.165, 1.54) is 0 Å². The Morgan fingerprint density at radius 2 is 2.25 bits per heavy atom. The molecule has 0 aromatic carbocycles. The van der Waals surface area contributed by atoms with Crippen molar-refractivity contribution in [3.63, 3.8) is 0 Å². The minimum atomic E-state index is 0.492. The van der Waals surface area contributed by atoms with Gasteiger partial charge in [-0.1, -0.05) is 18.5 Å². The summed E-state index contributed by atoms with van der Waals surface area (Å²) in [4.78, 5) is 4.15. The van der Waals surface area contributed by atoms with Crippen molar-refractivity contribution in [2.45, 2.75) is 26.7 Å². The summed E-state index contributed by atoms with van der Waals surface area (Å²) in [5, 5.41) is 3.82. The second-order valence-electron chi connectivity index (χ2n) is 3.81. The van der Waals surface area contributed by atoms with E-state index >= 15 is 0 Å². The fourth-order valence-corrected chi connectivity index (χ4v) is 1.73. The molecule has 0 bridgehead atoms. The lowest BCUT2D eigenvalue weighted by molar-refractivity contribution is 0.435. The smallest absolute Gasteiger partial charge is 0.172 e. The molecule has 2 aromatic rings. The van der Waals surface area contributed by atoms with E-state index in [-0.39, 0.29) is 0 Å². The van der Waals surface area contributed by atoms with Crippen molar-refractivity contribution in [1.82, 2.24) is 10.1 Å². The molecule has 84 valence electrons. The van der Waals surface area contributed by atoms with Crippen LogP contribution in [0.25, 0.3) is 11.3 Å². The van der Waals surface area contributed by atoms with Crippen molar-refractivity contribution in [1.29, 1.82) is 0 Å². The Hall–Kier alpha value is -1.84. The van der Waals surface area contributed by atoms with Gasteiger partial charge < -0.3 is 10.3 Å². The Bertz CT molecular complexity index is 491. The lowest BCUT2D eigenvalue weighted by Crippen LogP contribution is -1.93. The maximum absolute atomic E-state index is 5.78. The molecule has 0 amide bonds. The highest BCUT2D eigenvalue weighted by molar-refractivity contribution is 5.66. The van der Waals surface area contributed by atoms with Crippen molar-refractivity contribution in [3.8, 4) is 11.3 Å². The zero-order chi connectivity index (χ0) is 11.5. The molecule has 0 spiro atoms. The molecule has 2 aromatic heterocycles. The summed E-state index contributed by atoms with van der Waals surface area (Å²) in [6.45, 7) is 4.05. The number of pyridine rings is 1. The van der Waals surface area contributed by atoms with Gasteiger partial charge in [0.1, 0.15) is 0 Å². The average Bonchev–Trinajstić information content (AvgIpc) is 2.61. The zero-order valence-corrected chi connectivity index (χ0v) is 9.53. The fraction of sp³-hybridized carbons (Fsp3) is 0.333. The highest BCUT2D eigenvalue weighted by Gasteiger charge is 2.14. The Morgan fingerprint density at radius 1 is 1.44 bits per heavy atom. The average molecular weight is 217 g/mol. The molecule has 2 N–H and O–H groups in total. The van der Waals surface area contributed by atoms with Crippen LogP contribution in [0.1, 0.15) is 24.6 Å². The maximum Gasteiger partial charge on any atom is 0.172 e. The predicted molar refractivity (Wildman–Crippen MR) is 62.9 cm³/mol. The SMILES string of the molecule is CCCc1c(N)noc1-c1ccnc(C)c1. The standard InChI is InChI=1S/C12H15N3O/c1-3-4-10-11(16-15-12(10)13)9-5-6-14-8(2)7-9/h5-7H,3-4H2,1-2H3,(H2,13,15). The van der Waals surface area contributed by atoms with Crippen LogP contribution in [-0.4, -0.2) is 10.1 Å². The lowest BCUT2D eigenvalue weighted by Gasteiger charge is -2.01. The van der Waals surface area contributed by atoms with Crippen molar-refractivity contribution in [2.24, 2.45) is 0 Å². The molecule has 4 nitrogen and oxygen atoms in total. The number of anilines is 1. The van der Waals surface area contributed by atoms with Gasteiger partial charge in [0.05, 0.1) is 0 Å². The molecule has 0 fully saturated rings. The number of hydrogen-bond donors (Lipinski definition) is 1. The van der Waals surface area contributed by atoms with Gasteiger partial charge in [-0.2, -0.15) is 0 Å². The molecule has 0 aliphatic heterocycles. The summed E-state index contributed by atoms with van der Waals surface area (Å²) in [6.07, 6.45) is 3.66. The Labute approximate surface area is 94.5 Å². The van der Waals surface area contributed by atoms with E-state index in [1.54, 1.807) is 6.20 Å². The molecule has 0 aliphatic carbocycles. The molecule has 16 heavy (non-hydrogen) atoms. The number of aryl methyl sites for hydroxylation is 1. The first-order valence-electron chi connectivity index (χ1n) is 5.39.